The van der Waals surface area contributed by atoms with Gasteiger partial charge >= 0.3 is 0 Å². The van der Waals surface area contributed by atoms with Gasteiger partial charge in [-0.1, -0.05) is 19.9 Å². The average molecular weight is 260 g/mol. The van der Waals surface area contributed by atoms with Crippen LogP contribution in [0.15, 0.2) is 18.2 Å². The van der Waals surface area contributed by atoms with E-state index in [-0.39, 0.29) is 5.91 Å². The molecular weight excluding hydrogens is 240 g/mol. The fourth-order valence-corrected chi connectivity index (χ4v) is 2.59. The number of nitrogens with one attached hydrogen (secondary N) is 2. The molecule has 2 N–H and O–H groups in total. The van der Waals surface area contributed by atoms with Crippen molar-refractivity contribution in [3.63, 3.8) is 0 Å². The monoisotopic (exact) mass is 260 g/mol. The zero-order valence-corrected chi connectivity index (χ0v) is 11.5. The molecule has 1 aromatic rings. The Morgan fingerprint density at radius 2 is 2.32 bits per heavy atom. The minimum Gasteiger partial charge on any atom is -0.489 e. The molecule has 0 radical (unpaired) electrons. The summed E-state index contributed by atoms with van der Waals surface area (Å²) in [5.74, 6) is 1.25. The molecule has 0 bridgehead atoms. The zero-order chi connectivity index (χ0) is 13.5. The van der Waals surface area contributed by atoms with E-state index in [4.69, 9.17) is 4.74 Å². The molecule has 2 aliphatic rings. The van der Waals surface area contributed by atoms with Crippen LogP contribution >= 0.6 is 0 Å². The molecule has 1 atom stereocenters. The first-order valence-corrected chi connectivity index (χ1v) is 6.86. The van der Waals surface area contributed by atoms with Gasteiger partial charge in [0.2, 0.25) is 0 Å². The first kappa shape index (κ1) is 12.3. The highest BCUT2D eigenvalue weighted by Gasteiger charge is 2.45. The quantitative estimate of drug-likeness (QED) is 0.876. The van der Waals surface area contributed by atoms with Gasteiger partial charge in [0, 0.05) is 13.1 Å². The van der Waals surface area contributed by atoms with E-state index in [1.807, 2.05) is 18.2 Å². The summed E-state index contributed by atoms with van der Waals surface area (Å²) in [6.45, 7) is 6.62. The molecule has 4 heteroatoms. The Hall–Kier alpha value is -1.71. The molecular formula is C15H20N2O2. The number of hydrogen-bond acceptors (Lipinski definition) is 3. The minimum absolute atomic E-state index is 0.0387. The van der Waals surface area contributed by atoms with Crippen LogP contribution in [0.25, 0.3) is 0 Å². The predicted molar refractivity (Wildman–Crippen MR) is 74.6 cm³/mol. The number of amides is 1. The van der Waals surface area contributed by atoms with Gasteiger partial charge in [-0.2, -0.15) is 0 Å². The van der Waals surface area contributed by atoms with Gasteiger partial charge in [-0.25, -0.2) is 0 Å². The van der Waals surface area contributed by atoms with Crippen LogP contribution in [-0.4, -0.2) is 25.6 Å². The number of hydrogen-bond donors (Lipinski definition) is 2. The fraction of sp³-hybridized carbons (Fsp3) is 0.533. The van der Waals surface area contributed by atoms with Crippen molar-refractivity contribution in [2.24, 2.45) is 11.3 Å². The van der Waals surface area contributed by atoms with Crippen LogP contribution in [0.4, 0.5) is 5.69 Å². The highest BCUT2D eigenvalue weighted by atomic mass is 16.5. The molecule has 1 aromatic carbocycles. The lowest BCUT2D eigenvalue weighted by molar-refractivity contribution is 0.0946. The molecule has 1 amide bonds. The molecule has 1 heterocycles. The number of rotatable bonds is 3. The Bertz CT molecular complexity index is 511. The van der Waals surface area contributed by atoms with Crippen LogP contribution in [0.1, 0.15) is 30.6 Å². The van der Waals surface area contributed by atoms with E-state index in [9.17, 15) is 4.79 Å². The van der Waals surface area contributed by atoms with E-state index in [1.54, 1.807) is 0 Å². The Morgan fingerprint density at radius 3 is 3.05 bits per heavy atom. The second-order valence-corrected chi connectivity index (χ2v) is 6.06. The van der Waals surface area contributed by atoms with Gasteiger partial charge in [-0.3, -0.25) is 4.79 Å². The van der Waals surface area contributed by atoms with Crippen molar-refractivity contribution in [2.45, 2.75) is 20.3 Å². The van der Waals surface area contributed by atoms with E-state index >= 15 is 0 Å². The number of para-hydroxylation sites is 1. The van der Waals surface area contributed by atoms with Crippen LogP contribution in [0.3, 0.4) is 0 Å². The third-order valence-electron chi connectivity index (χ3n) is 4.15. The summed E-state index contributed by atoms with van der Waals surface area (Å²) in [5.41, 5.74) is 1.93. The van der Waals surface area contributed by atoms with Gasteiger partial charge in [-0.15, -0.1) is 0 Å². The second-order valence-electron chi connectivity index (χ2n) is 6.06. The first-order valence-electron chi connectivity index (χ1n) is 6.86. The van der Waals surface area contributed by atoms with Crippen LogP contribution < -0.4 is 15.4 Å². The van der Waals surface area contributed by atoms with E-state index in [2.05, 4.69) is 24.5 Å². The van der Waals surface area contributed by atoms with Gasteiger partial charge in [-0.05, 0) is 29.9 Å². The maximum absolute atomic E-state index is 12.2. The molecule has 0 saturated heterocycles. The molecule has 1 fully saturated rings. The smallest absolute Gasteiger partial charge is 0.255 e. The molecule has 1 saturated carbocycles. The van der Waals surface area contributed by atoms with Gasteiger partial charge in [0.05, 0.1) is 11.3 Å². The zero-order valence-electron chi connectivity index (χ0n) is 11.5. The average Bonchev–Trinajstić information content (AvgIpc) is 3.03. The lowest BCUT2D eigenvalue weighted by atomic mass is 10.1. The van der Waals surface area contributed by atoms with E-state index in [0.29, 0.717) is 29.3 Å². The standard InChI is InChI=1S/C15H20N2O2/c1-15(2)8-10(15)9-17-14(18)11-4-3-5-12-13(11)19-7-6-16-12/h3-5,10,16H,6-9H2,1-2H3,(H,17,18). The van der Waals surface area contributed by atoms with E-state index in [0.717, 1.165) is 18.8 Å². The van der Waals surface area contributed by atoms with Crippen LogP contribution in [0.5, 0.6) is 5.75 Å². The Balaban J connectivity index is 1.70. The Morgan fingerprint density at radius 1 is 1.53 bits per heavy atom. The van der Waals surface area contributed by atoms with E-state index in [1.165, 1.54) is 6.42 Å². The largest absolute Gasteiger partial charge is 0.489 e. The Labute approximate surface area is 113 Å². The summed E-state index contributed by atoms with van der Waals surface area (Å²) < 4.78 is 5.62. The van der Waals surface area contributed by atoms with E-state index < -0.39 is 0 Å². The van der Waals surface area contributed by atoms with Crippen molar-refractivity contribution in [3.05, 3.63) is 23.8 Å². The summed E-state index contributed by atoms with van der Waals surface area (Å²) in [5, 5.41) is 6.26. The van der Waals surface area contributed by atoms with Crippen molar-refractivity contribution in [1.82, 2.24) is 5.32 Å². The third-order valence-corrected chi connectivity index (χ3v) is 4.15. The normalized spacial score (nSPS) is 22.7. The van der Waals surface area contributed by atoms with Gasteiger partial charge < -0.3 is 15.4 Å². The molecule has 1 aliphatic carbocycles. The number of benzene rings is 1. The number of carbonyl (C=O) groups excluding carboxylic acids is 1. The van der Waals surface area contributed by atoms with Gasteiger partial charge in [0.15, 0.2) is 5.75 Å². The molecule has 19 heavy (non-hydrogen) atoms. The molecule has 0 aromatic heterocycles. The maximum Gasteiger partial charge on any atom is 0.255 e. The SMILES string of the molecule is CC1(C)CC1CNC(=O)c1cccc2c1OCCN2. The highest BCUT2D eigenvalue weighted by Crippen LogP contribution is 2.51. The lowest BCUT2D eigenvalue weighted by Crippen LogP contribution is -2.28. The van der Waals surface area contributed by atoms with Gasteiger partial charge in [0.25, 0.3) is 5.91 Å². The van der Waals surface area contributed by atoms with Crippen molar-refractivity contribution >= 4 is 11.6 Å². The molecule has 102 valence electrons. The maximum atomic E-state index is 12.2. The van der Waals surface area contributed by atoms with Crippen molar-refractivity contribution in [1.29, 1.82) is 0 Å². The fourth-order valence-electron chi connectivity index (χ4n) is 2.59. The molecule has 1 aliphatic heterocycles. The summed E-state index contributed by atoms with van der Waals surface area (Å²) in [6, 6.07) is 5.64. The number of ether oxygens (including phenoxy) is 1. The molecule has 1 unspecified atom stereocenters. The highest BCUT2D eigenvalue weighted by molar-refractivity contribution is 5.99. The summed E-state index contributed by atoms with van der Waals surface area (Å²) in [6.07, 6.45) is 1.19. The van der Waals surface area contributed by atoms with Crippen molar-refractivity contribution in [3.8, 4) is 5.75 Å². The Kier molecular flexibility index (Phi) is 2.88. The number of anilines is 1. The van der Waals surface area contributed by atoms with Crippen molar-refractivity contribution in [2.75, 3.05) is 25.0 Å². The van der Waals surface area contributed by atoms with Crippen LogP contribution in [0, 0.1) is 11.3 Å². The minimum atomic E-state index is -0.0387. The molecule has 3 rings (SSSR count). The summed E-state index contributed by atoms with van der Waals surface area (Å²) in [7, 11) is 0. The van der Waals surface area contributed by atoms with Crippen LogP contribution in [-0.2, 0) is 0 Å². The predicted octanol–water partition coefficient (Wildman–Crippen LogP) is 2.27. The van der Waals surface area contributed by atoms with Crippen LogP contribution in [0.2, 0.25) is 0 Å². The van der Waals surface area contributed by atoms with Crippen molar-refractivity contribution < 1.29 is 9.53 Å². The first-order chi connectivity index (χ1) is 9.08. The van der Waals surface area contributed by atoms with Gasteiger partial charge in [0.1, 0.15) is 6.61 Å². The molecule has 0 spiro atoms. The lowest BCUT2D eigenvalue weighted by Gasteiger charge is -2.21. The molecule has 4 nitrogen and oxygen atoms in total. The second kappa shape index (κ2) is 4.44. The number of fused-ring (bicyclic) bond motifs is 1. The topological polar surface area (TPSA) is 50.4 Å². The third kappa shape index (κ3) is 2.39. The number of carbonyl (C=O) groups is 1. The summed E-state index contributed by atoms with van der Waals surface area (Å²) >= 11 is 0. The summed E-state index contributed by atoms with van der Waals surface area (Å²) in [4.78, 5) is 12.2.